The molecule has 0 spiro atoms. The van der Waals surface area contributed by atoms with E-state index >= 15 is 0 Å². The van der Waals surface area contributed by atoms with E-state index in [4.69, 9.17) is 5.73 Å². The molecule has 0 fully saturated rings. The highest BCUT2D eigenvalue weighted by molar-refractivity contribution is 5.86. The van der Waals surface area contributed by atoms with Crippen LogP contribution < -0.4 is 11.3 Å². The van der Waals surface area contributed by atoms with E-state index in [-0.39, 0.29) is 11.5 Å². The third-order valence-corrected chi connectivity index (χ3v) is 1.88. The highest BCUT2D eigenvalue weighted by Gasteiger charge is 2.02. The van der Waals surface area contributed by atoms with Crippen molar-refractivity contribution < 1.29 is 4.79 Å². The minimum Gasteiger partial charge on any atom is -0.369 e. The van der Waals surface area contributed by atoms with Gasteiger partial charge in [-0.1, -0.05) is 0 Å². The fourth-order valence-electron chi connectivity index (χ4n) is 1.25. The molecule has 1 aromatic heterocycles. The molecule has 2 aromatic rings. The molecule has 5 nitrogen and oxygen atoms in total. The van der Waals surface area contributed by atoms with Crippen molar-refractivity contribution in [2.75, 3.05) is 5.73 Å². The number of hydrogen-bond acceptors (Lipinski definition) is 4. The Hall–Kier alpha value is -2.17. The first-order chi connectivity index (χ1) is 6.70. The number of nitrogens with one attached hydrogen (secondary N) is 1. The van der Waals surface area contributed by atoms with Crippen molar-refractivity contribution in [2.24, 2.45) is 0 Å². The van der Waals surface area contributed by atoms with Crippen molar-refractivity contribution in [3.63, 3.8) is 0 Å². The van der Waals surface area contributed by atoms with Crippen LogP contribution in [0.15, 0.2) is 23.0 Å². The van der Waals surface area contributed by atoms with Gasteiger partial charge in [0.25, 0.3) is 5.56 Å². The smallest absolute Gasteiger partial charge is 0.260 e. The molecule has 0 saturated carbocycles. The van der Waals surface area contributed by atoms with Gasteiger partial charge in [-0.3, -0.25) is 14.6 Å². The van der Waals surface area contributed by atoms with Crippen molar-refractivity contribution in [1.29, 1.82) is 0 Å². The number of carbonyl (C=O) groups is 1. The summed E-state index contributed by atoms with van der Waals surface area (Å²) in [4.78, 5) is 28.1. The molecule has 70 valence electrons. The molecular weight excluding hydrogens is 182 g/mol. The molecular formula is C9H7N3O2. The van der Waals surface area contributed by atoms with E-state index in [0.717, 1.165) is 0 Å². The van der Waals surface area contributed by atoms with E-state index in [9.17, 15) is 9.59 Å². The number of hydrogen-bond donors (Lipinski definition) is 2. The number of aromatic nitrogens is 2. The molecule has 3 N–H and O–H groups in total. The molecule has 0 aliphatic carbocycles. The third-order valence-electron chi connectivity index (χ3n) is 1.88. The summed E-state index contributed by atoms with van der Waals surface area (Å²) in [6.45, 7) is 0. The fraction of sp³-hybridized carbons (Fsp3) is 0. The Morgan fingerprint density at radius 2 is 2.21 bits per heavy atom. The summed E-state index contributed by atoms with van der Waals surface area (Å²) in [5, 5.41) is 0.365. The maximum Gasteiger partial charge on any atom is 0.260 e. The maximum absolute atomic E-state index is 11.4. The number of benzene rings is 1. The van der Waals surface area contributed by atoms with Gasteiger partial charge in [0, 0.05) is 5.56 Å². The first-order valence-corrected chi connectivity index (χ1v) is 3.95. The van der Waals surface area contributed by atoms with E-state index in [0.29, 0.717) is 22.8 Å². The quantitative estimate of drug-likeness (QED) is 0.632. The summed E-state index contributed by atoms with van der Waals surface area (Å²) in [6.07, 6.45) is 0.676. The lowest BCUT2D eigenvalue weighted by Gasteiger charge is -1.98. The zero-order chi connectivity index (χ0) is 10.1. The number of H-pyrrole nitrogens is 1. The van der Waals surface area contributed by atoms with E-state index in [1.165, 1.54) is 6.07 Å². The second-order valence-corrected chi connectivity index (χ2v) is 2.85. The number of aldehydes is 1. The summed E-state index contributed by atoms with van der Waals surface area (Å²) in [5.41, 5.74) is 5.94. The standard InChI is InChI=1S/C9H7N3O2/c10-9-11-7-2-1-5(4-13)3-6(7)8(14)12-9/h1-4H,(H3,10,11,12,14). The van der Waals surface area contributed by atoms with Gasteiger partial charge >= 0.3 is 0 Å². The Bertz CT molecular complexity index is 559. The Morgan fingerprint density at radius 3 is 2.93 bits per heavy atom. The van der Waals surface area contributed by atoms with Crippen molar-refractivity contribution in [2.45, 2.75) is 0 Å². The van der Waals surface area contributed by atoms with Crippen LogP contribution in [0.5, 0.6) is 0 Å². The van der Waals surface area contributed by atoms with Crippen LogP contribution in [0, 0.1) is 0 Å². The molecule has 0 saturated heterocycles. The summed E-state index contributed by atoms with van der Waals surface area (Å²) >= 11 is 0. The highest BCUT2D eigenvalue weighted by atomic mass is 16.1. The van der Waals surface area contributed by atoms with Crippen LogP contribution in [0.2, 0.25) is 0 Å². The molecule has 0 bridgehead atoms. The number of nitrogens with zero attached hydrogens (tertiary/aromatic N) is 1. The molecule has 0 unspecified atom stereocenters. The summed E-state index contributed by atoms with van der Waals surface area (Å²) in [6, 6.07) is 4.65. The average Bonchev–Trinajstić information content (AvgIpc) is 2.17. The molecule has 14 heavy (non-hydrogen) atoms. The van der Waals surface area contributed by atoms with Gasteiger partial charge in [0.05, 0.1) is 10.9 Å². The lowest BCUT2D eigenvalue weighted by Crippen LogP contribution is -2.11. The number of rotatable bonds is 1. The molecule has 1 aromatic carbocycles. The average molecular weight is 189 g/mol. The van der Waals surface area contributed by atoms with Gasteiger partial charge in [0.2, 0.25) is 5.95 Å². The Balaban J connectivity index is 2.89. The van der Waals surface area contributed by atoms with Crippen molar-refractivity contribution >= 4 is 23.1 Å². The molecule has 2 rings (SSSR count). The van der Waals surface area contributed by atoms with E-state index in [1.54, 1.807) is 12.1 Å². The minimum atomic E-state index is -0.337. The van der Waals surface area contributed by atoms with E-state index in [2.05, 4.69) is 9.97 Å². The molecule has 0 aliphatic heterocycles. The van der Waals surface area contributed by atoms with Gasteiger partial charge in [-0.15, -0.1) is 0 Å². The van der Waals surface area contributed by atoms with Crippen LogP contribution in [-0.4, -0.2) is 16.3 Å². The topological polar surface area (TPSA) is 88.8 Å². The highest BCUT2D eigenvalue weighted by Crippen LogP contribution is 2.09. The molecule has 1 heterocycles. The molecule has 0 amide bonds. The number of nitrogen functional groups attached to an aromatic ring is 1. The Kier molecular flexibility index (Phi) is 1.78. The van der Waals surface area contributed by atoms with Crippen LogP contribution in [0.3, 0.4) is 0 Å². The van der Waals surface area contributed by atoms with Crippen molar-refractivity contribution in [3.05, 3.63) is 34.1 Å². The monoisotopic (exact) mass is 189 g/mol. The van der Waals surface area contributed by atoms with Crippen molar-refractivity contribution in [1.82, 2.24) is 9.97 Å². The Morgan fingerprint density at radius 1 is 1.43 bits per heavy atom. The fourth-order valence-corrected chi connectivity index (χ4v) is 1.25. The lowest BCUT2D eigenvalue weighted by molar-refractivity contribution is 0.112. The largest absolute Gasteiger partial charge is 0.369 e. The number of aromatic amines is 1. The number of nitrogens with two attached hydrogens (primary N) is 1. The van der Waals surface area contributed by atoms with Gasteiger partial charge in [-0.25, -0.2) is 4.98 Å². The van der Waals surface area contributed by atoms with Gasteiger partial charge in [-0.05, 0) is 18.2 Å². The molecule has 0 aliphatic rings. The molecule has 0 atom stereocenters. The van der Waals surface area contributed by atoms with Gasteiger partial charge < -0.3 is 5.73 Å². The van der Waals surface area contributed by atoms with Crippen LogP contribution in [0.4, 0.5) is 5.95 Å². The normalized spacial score (nSPS) is 10.3. The maximum atomic E-state index is 11.4. The van der Waals surface area contributed by atoms with Crippen molar-refractivity contribution in [3.8, 4) is 0 Å². The first-order valence-electron chi connectivity index (χ1n) is 3.95. The van der Waals surface area contributed by atoms with Gasteiger partial charge in [0.15, 0.2) is 0 Å². The predicted molar refractivity (Wildman–Crippen MR) is 52.2 cm³/mol. The zero-order valence-corrected chi connectivity index (χ0v) is 7.15. The molecule has 5 heteroatoms. The number of anilines is 1. The van der Waals surface area contributed by atoms with E-state index < -0.39 is 0 Å². The lowest BCUT2D eigenvalue weighted by atomic mass is 10.2. The molecule has 0 radical (unpaired) electrons. The van der Waals surface area contributed by atoms with Crippen LogP contribution in [0.1, 0.15) is 10.4 Å². The summed E-state index contributed by atoms with van der Waals surface area (Å²) < 4.78 is 0. The Labute approximate surface area is 78.6 Å². The van der Waals surface area contributed by atoms with Crippen LogP contribution in [-0.2, 0) is 0 Å². The van der Waals surface area contributed by atoms with Gasteiger partial charge in [0.1, 0.15) is 6.29 Å². The second-order valence-electron chi connectivity index (χ2n) is 2.85. The zero-order valence-electron chi connectivity index (χ0n) is 7.15. The number of carbonyl (C=O) groups excluding carboxylic acids is 1. The van der Waals surface area contributed by atoms with Gasteiger partial charge in [-0.2, -0.15) is 0 Å². The third kappa shape index (κ3) is 1.24. The first kappa shape index (κ1) is 8.43. The van der Waals surface area contributed by atoms with Crippen LogP contribution in [0.25, 0.3) is 10.9 Å². The predicted octanol–water partition coefficient (Wildman–Crippen LogP) is 0.318. The van der Waals surface area contributed by atoms with E-state index in [1.807, 2.05) is 0 Å². The second kappa shape index (κ2) is 2.95. The van der Waals surface area contributed by atoms with Crippen LogP contribution >= 0.6 is 0 Å². The minimum absolute atomic E-state index is 0.0707. The summed E-state index contributed by atoms with van der Waals surface area (Å²) in [5.74, 6) is 0.0707. The SMILES string of the molecule is Nc1nc2ccc(C=O)cc2c(=O)[nH]1. The number of fused-ring (bicyclic) bond motifs is 1. The summed E-state index contributed by atoms with van der Waals surface area (Å²) in [7, 11) is 0.